The fraction of sp³-hybridized carbons (Fsp3) is 0.154. The van der Waals surface area contributed by atoms with Gasteiger partial charge in [0.05, 0.1) is 7.11 Å². The Morgan fingerprint density at radius 2 is 1.81 bits per heavy atom. The Balaban J connectivity index is 1.76. The first kappa shape index (κ1) is 23.4. The summed E-state index contributed by atoms with van der Waals surface area (Å²) in [6.07, 6.45) is 1.53. The number of aryl methyl sites for hydroxylation is 2. The fourth-order valence-corrected chi connectivity index (χ4v) is 3.45. The van der Waals surface area contributed by atoms with Gasteiger partial charge in [0.25, 0.3) is 5.91 Å². The zero-order chi connectivity index (χ0) is 23.1. The number of hydrogen-bond donors (Lipinski definition) is 1. The molecule has 0 fully saturated rings. The van der Waals surface area contributed by atoms with E-state index in [2.05, 4.69) is 27.9 Å². The Morgan fingerprint density at radius 3 is 2.47 bits per heavy atom. The van der Waals surface area contributed by atoms with Crippen molar-refractivity contribution in [2.24, 2.45) is 0 Å². The van der Waals surface area contributed by atoms with Gasteiger partial charge in [0.15, 0.2) is 11.5 Å². The van der Waals surface area contributed by atoms with Crippen LogP contribution in [0.4, 0.5) is 5.69 Å². The predicted octanol–water partition coefficient (Wildman–Crippen LogP) is 6.04. The largest absolute Gasteiger partial charge is 0.493 e. The molecule has 3 aromatic rings. The van der Waals surface area contributed by atoms with E-state index in [0.717, 1.165) is 20.3 Å². The lowest BCUT2D eigenvalue weighted by Crippen LogP contribution is -2.14. The minimum Gasteiger partial charge on any atom is -0.493 e. The molecule has 0 radical (unpaired) electrons. The number of carbonyl (C=O) groups is 1. The molecule has 1 N–H and O–H groups in total. The molecule has 0 unspecified atom stereocenters. The summed E-state index contributed by atoms with van der Waals surface area (Å²) >= 11 is 2.26. The molecule has 162 valence electrons. The van der Waals surface area contributed by atoms with E-state index in [1.807, 2.05) is 62.4 Å². The third kappa shape index (κ3) is 6.11. The van der Waals surface area contributed by atoms with Crippen LogP contribution >= 0.6 is 22.6 Å². The molecule has 0 heterocycles. The molecule has 1 amide bonds. The maximum Gasteiger partial charge on any atom is 0.266 e. The van der Waals surface area contributed by atoms with Gasteiger partial charge in [0, 0.05) is 9.26 Å². The van der Waals surface area contributed by atoms with Crippen LogP contribution in [0.2, 0.25) is 0 Å². The lowest BCUT2D eigenvalue weighted by atomic mass is 10.1. The van der Waals surface area contributed by atoms with Crippen LogP contribution in [-0.4, -0.2) is 13.0 Å². The number of nitrogens with one attached hydrogen (secondary N) is 1. The molecule has 0 saturated carbocycles. The van der Waals surface area contributed by atoms with Crippen LogP contribution in [0.25, 0.3) is 6.08 Å². The van der Waals surface area contributed by atoms with Crippen molar-refractivity contribution in [1.82, 2.24) is 0 Å². The van der Waals surface area contributed by atoms with E-state index in [-0.39, 0.29) is 5.57 Å². The maximum atomic E-state index is 12.6. The molecule has 6 heteroatoms. The number of methoxy groups -OCH3 is 1. The van der Waals surface area contributed by atoms with Gasteiger partial charge in [0.1, 0.15) is 18.2 Å². The van der Waals surface area contributed by atoms with Crippen molar-refractivity contribution in [3.63, 3.8) is 0 Å². The first-order valence-electron chi connectivity index (χ1n) is 9.95. The van der Waals surface area contributed by atoms with E-state index in [1.54, 1.807) is 25.3 Å². The molecule has 3 rings (SSSR count). The van der Waals surface area contributed by atoms with Crippen molar-refractivity contribution >= 4 is 40.3 Å². The Morgan fingerprint density at radius 1 is 1.06 bits per heavy atom. The van der Waals surface area contributed by atoms with Gasteiger partial charge in [-0.15, -0.1) is 0 Å². The second-order valence-electron chi connectivity index (χ2n) is 7.27. The van der Waals surface area contributed by atoms with Gasteiger partial charge < -0.3 is 14.8 Å². The molecular formula is C26H23IN2O3. The lowest BCUT2D eigenvalue weighted by molar-refractivity contribution is -0.112. The molecule has 5 nitrogen and oxygen atoms in total. The lowest BCUT2D eigenvalue weighted by Gasteiger charge is -2.12. The number of ether oxygens (including phenoxy) is 2. The average molecular weight is 538 g/mol. The Bertz CT molecular complexity index is 1190. The van der Waals surface area contributed by atoms with Gasteiger partial charge in [-0.3, -0.25) is 4.79 Å². The molecule has 0 aliphatic carbocycles. The third-order valence-electron chi connectivity index (χ3n) is 4.80. The van der Waals surface area contributed by atoms with Gasteiger partial charge in [0.2, 0.25) is 0 Å². The van der Waals surface area contributed by atoms with Gasteiger partial charge in [-0.05, 0) is 89.5 Å². The number of nitrogens with zero attached hydrogens (tertiary/aromatic N) is 1. The minimum absolute atomic E-state index is 0.000384. The van der Waals surface area contributed by atoms with Crippen molar-refractivity contribution in [2.75, 3.05) is 12.4 Å². The summed E-state index contributed by atoms with van der Waals surface area (Å²) in [6, 6.07) is 21.1. The molecule has 3 aromatic carbocycles. The van der Waals surface area contributed by atoms with E-state index in [9.17, 15) is 10.1 Å². The summed E-state index contributed by atoms with van der Waals surface area (Å²) in [5.41, 5.74) is 4.43. The third-order valence-corrected chi connectivity index (χ3v) is 5.52. The number of amides is 1. The van der Waals surface area contributed by atoms with Gasteiger partial charge in [-0.2, -0.15) is 5.26 Å². The molecule has 32 heavy (non-hydrogen) atoms. The quantitative estimate of drug-likeness (QED) is 0.226. The average Bonchev–Trinajstić information content (AvgIpc) is 2.79. The summed E-state index contributed by atoms with van der Waals surface area (Å²) < 4.78 is 12.5. The first-order valence-corrected chi connectivity index (χ1v) is 11.0. The van der Waals surface area contributed by atoms with Crippen LogP contribution in [-0.2, 0) is 11.4 Å². The summed E-state index contributed by atoms with van der Waals surface area (Å²) in [4.78, 5) is 12.6. The van der Waals surface area contributed by atoms with E-state index in [0.29, 0.717) is 29.4 Å². The zero-order valence-corrected chi connectivity index (χ0v) is 20.3. The summed E-state index contributed by atoms with van der Waals surface area (Å²) in [6.45, 7) is 4.31. The highest BCUT2D eigenvalue weighted by molar-refractivity contribution is 14.1. The second kappa shape index (κ2) is 10.8. The number of anilines is 1. The van der Waals surface area contributed by atoms with Crippen LogP contribution in [0, 0.1) is 28.7 Å². The highest BCUT2D eigenvalue weighted by atomic mass is 127. The predicted molar refractivity (Wildman–Crippen MR) is 135 cm³/mol. The number of halogens is 1. The highest BCUT2D eigenvalue weighted by Crippen LogP contribution is 2.30. The first-order chi connectivity index (χ1) is 15.4. The Labute approximate surface area is 201 Å². The highest BCUT2D eigenvalue weighted by Gasteiger charge is 2.12. The van der Waals surface area contributed by atoms with E-state index in [1.165, 1.54) is 6.08 Å². The van der Waals surface area contributed by atoms with Gasteiger partial charge in [-0.1, -0.05) is 35.9 Å². The van der Waals surface area contributed by atoms with E-state index >= 15 is 0 Å². The van der Waals surface area contributed by atoms with Crippen LogP contribution in [0.1, 0.15) is 22.3 Å². The smallest absolute Gasteiger partial charge is 0.266 e. The van der Waals surface area contributed by atoms with Crippen LogP contribution < -0.4 is 14.8 Å². The topological polar surface area (TPSA) is 71.3 Å². The molecule has 0 spiro atoms. The molecule has 0 bridgehead atoms. The van der Waals surface area contributed by atoms with Crippen LogP contribution in [0.3, 0.4) is 0 Å². The van der Waals surface area contributed by atoms with Gasteiger partial charge in [-0.25, -0.2) is 0 Å². The van der Waals surface area contributed by atoms with Crippen molar-refractivity contribution in [1.29, 1.82) is 5.26 Å². The van der Waals surface area contributed by atoms with Crippen molar-refractivity contribution in [2.45, 2.75) is 20.5 Å². The molecule has 0 aliphatic rings. The maximum absolute atomic E-state index is 12.6. The van der Waals surface area contributed by atoms with Crippen LogP contribution in [0.15, 0.2) is 66.2 Å². The Kier molecular flexibility index (Phi) is 7.90. The molecule has 0 aromatic heterocycles. The summed E-state index contributed by atoms with van der Waals surface area (Å²) in [5.74, 6) is 0.648. The van der Waals surface area contributed by atoms with E-state index in [4.69, 9.17) is 9.47 Å². The second-order valence-corrected chi connectivity index (χ2v) is 8.51. The zero-order valence-electron chi connectivity index (χ0n) is 18.1. The van der Waals surface area contributed by atoms with E-state index < -0.39 is 5.91 Å². The Hall–Kier alpha value is -3.31. The number of nitriles is 1. The van der Waals surface area contributed by atoms with Crippen LogP contribution in [0.5, 0.6) is 11.5 Å². The summed E-state index contributed by atoms with van der Waals surface area (Å²) in [7, 11) is 1.55. The SMILES string of the molecule is COc1cc(/C=C(/C#N)C(=O)Nc2ccc(C)cc2C)ccc1OCc1ccc(I)cc1. The standard InChI is InChI=1S/C26H23IN2O3/c1-17-4-10-23(18(2)12-17)29-26(30)21(15-28)13-20-7-11-24(25(14-20)31-3)32-16-19-5-8-22(27)9-6-19/h4-14H,16H2,1-3H3,(H,29,30)/b21-13-. The number of carbonyl (C=O) groups excluding carboxylic acids is 1. The molecule has 0 atom stereocenters. The molecular weight excluding hydrogens is 515 g/mol. The summed E-state index contributed by atoms with van der Waals surface area (Å²) in [5, 5.41) is 12.3. The normalized spacial score (nSPS) is 10.9. The van der Waals surface area contributed by atoms with Gasteiger partial charge >= 0.3 is 0 Å². The van der Waals surface area contributed by atoms with Crippen molar-refractivity contribution in [3.8, 4) is 17.6 Å². The number of hydrogen-bond acceptors (Lipinski definition) is 4. The minimum atomic E-state index is -0.461. The molecule has 0 aliphatic heterocycles. The monoisotopic (exact) mass is 538 g/mol. The number of benzene rings is 3. The molecule has 0 saturated heterocycles. The van der Waals surface area contributed by atoms with Crippen molar-refractivity contribution in [3.05, 3.63) is 92.1 Å². The fourth-order valence-electron chi connectivity index (χ4n) is 3.09. The van der Waals surface area contributed by atoms with Crippen molar-refractivity contribution < 1.29 is 14.3 Å². The number of rotatable bonds is 7.